The highest BCUT2D eigenvalue weighted by atomic mass is 35.5. The molecule has 4 aromatic rings. The molecule has 2 aromatic carbocycles. The lowest BCUT2D eigenvalue weighted by Gasteiger charge is -2.12. The maximum atomic E-state index is 13.0. The minimum atomic E-state index is -4.13. The van der Waals surface area contributed by atoms with E-state index >= 15 is 0 Å². The van der Waals surface area contributed by atoms with Gasteiger partial charge in [0.1, 0.15) is 10.5 Å². The number of rotatable bonds is 5. The fraction of sp³-hybridized carbons (Fsp3) is 0. The number of carbonyl (C=O) groups is 1. The average Bonchev–Trinajstić information content (AvgIpc) is 3.21. The van der Waals surface area contributed by atoms with Gasteiger partial charge in [0.05, 0.1) is 30.8 Å². The third kappa shape index (κ3) is 5.32. The number of fused-ring (bicyclic) bond motifs is 1. The van der Waals surface area contributed by atoms with Crippen molar-refractivity contribution in [1.82, 2.24) is 14.3 Å². The Kier molecular flexibility index (Phi) is 6.61. The molecule has 4 rings (SSSR count). The second kappa shape index (κ2) is 9.22. The Hall–Kier alpha value is -3.01. The highest BCUT2D eigenvalue weighted by Crippen LogP contribution is 2.26. The molecule has 35 heavy (non-hydrogen) atoms. The van der Waals surface area contributed by atoms with Gasteiger partial charge in [0.15, 0.2) is 0 Å². The largest absolute Gasteiger partial charge is 0.333 e. The van der Waals surface area contributed by atoms with E-state index in [0.717, 1.165) is 22.0 Å². The van der Waals surface area contributed by atoms with Gasteiger partial charge in [0.2, 0.25) is 10.0 Å². The molecule has 0 saturated carbocycles. The highest BCUT2D eigenvalue weighted by Gasteiger charge is 2.20. The molecule has 2 aromatic heterocycles. The molecular weight excluding hydrogens is 561 g/mol. The van der Waals surface area contributed by atoms with E-state index in [2.05, 4.69) is 10.3 Å². The van der Waals surface area contributed by atoms with Crippen LogP contribution in [0.1, 0.15) is 0 Å². The number of benzene rings is 2. The second-order valence-electron chi connectivity index (χ2n) is 6.93. The van der Waals surface area contributed by atoms with Gasteiger partial charge in [-0.25, -0.2) is 36.5 Å². The zero-order valence-electron chi connectivity index (χ0n) is 17.1. The summed E-state index contributed by atoms with van der Waals surface area (Å²) in [6.07, 6.45) is 1.21. The molecule has 11 nitrogen and oxygen atoms in total. The molecule has 4 N–H and O–H groups in total. The quantitative estimate of drug-likeness (QED) is 0.329. The SMILES string of the molecule is NS(=O)(=O)c1ccc2ncn(-c3ccc(NC(=O)NS(=O)(=O)c4ccc(Cl)s4)cc3Cl)c(=O)c2c1. The van der Waals surface area contributed by atoms with Crippen molar-refractivity contribution < 1.29 is 21.6 Å². The predicted molar refractivity (Wildman–Crippen MR) is 132 cm³/mol. The van der Waals surface area contributed by atoms with E-state index in [4.69, 9.17) is 28.3 Å². The van der Waals surface area contributed by atoms with Crippen LogP contribution < -0.4 is 20.7 Å². The van der Waals surface area contributed by atoms with E-state index in [0.29, 0.717) is 0 Å². The van der Waals surface area contributed by atoms with E-state index in [1.54, 1.807) is 0 Å². The van der Waals surface area contributed by atoms with Crippen LogP contribution in [0.2, 0.25) is 9.36 Å². The number of amides is 2. The number of halogens is 2. The molecule has 2 heterocycles. The Labute approximate surface area is 212 Å². The number of primary sulfonamides is 1. The van der Waals surface area contributed by atoms with Crippen LogP contribution in [0.25, 0.3) is 16.6 Å². The van der Waals surface area contributed by atoms with Crippen molar-refractivity contribution in [2.24, 2.45) is 5.14 Å². The number of anilines is 1. The molecule has 182 valence electrons. The van der Waals surface area contributed by atoms with Crippen LogP contribution in [-0.4, -0.2) is 32.4 Å². The smallest absolute Gasteiger partial charge is 0.307 e. The van der Waals surface area contributed by atoms with E-state index in [9.17, 15) is 26.4 Å². The molecule has 0 aliphatic carbocycles. The molecular formula is C19H13Cl2N5O6S3. The Morgan fingerprint density at radius 3 is 2.40 bits per heavy atom. The first-order valence-corrected chi connectivity index (χ1v) is 13.9. The van der Waals surface area contributed by atoms with Crippen molar-refractivity contribution in [2.75, 3.05) is 5.32 Å². The van der Waals surface area contributed by atoms with Crippen molar-refractivity contribution in [3.05, 3.63) is 74.6 Å². The summed E-state index contributed by atoms with van der Waals surface area (Å²) in [4.78, 5) is 29.1. The number of carbonyl (C=O) groups excluding carboxylic acids is 1. The molecule has 0 aliphatic heterocycles. The van der Waals surface area contributed by atoms with Crippen LogP contribution >= 0.6 is 34.5 Å². The molecule has 0 saturated heterocycles. The van der Waals surface area contributed by atoms with Crippen LogP contribution in [0.15, 0.2) is 68.8 Å². The number of nitrogens with two attached hydrogens (primary N) is 1. The fourth-order valence-electron chi connectivity index (χ4n) is 3.00. The first-order chi connectivity index (χ1) is 16.3. The van der Waals surface area contributed by atoms with E-state index in [1.165, 1.54) is 48.8 Å². The normalized spacial score (nSPS) is 12.0. The van der Waals surface area contributed by atoms with Crippen molar-refractivity contribution in [1.29, 1.82) is 0 Å². The molecule has 0 atom stereocenters. The number of urea groups is 1. The zero-order valence-corrected chi connectivity index (χ0v) is 21.1. The zero-order chi connectivity index (χ0) is 25.5. The number of nitrogens with one attached hydrogen (secondary N) is 2. The molecule has 0 fully saturated rings. The Morgan fingerprint density at radius 1 is 1.03 bits per heavy atom. The molecule has 0 unspecified atom stereocenters. The average molecular weight is 574 g/mol. The number of hydrogen-bond donors (Lipinski definition) is 3. The maximum absolute atomic E-state index is 13.0. The lowest BCUT2D eigenvalue weighted by Crippen LogP contribution is -2.33. The molecule has 2 amide bonds. The molecule has 0 aliphatic rings. The number of nitrogens with zero attached hydrogens (tertiary/aromatic N) is 2. The minimum Gasteiger partial charge on any atom is -0.307 e. The van der Waals surface area contributed by atoms with Crippen LogP contribution in [0, 0.1) is 0 Å². The standard InChI is InChI=1S/C19H13Cl2N5O6S3/c20-13-7-10(24-19(28)25-35(31,32)17-6-5-16(21)33-17)1-4-15(13)26-9-23-14-3-2-11(34(22,29)30)8-12(14)18(26)27/h1-9H,(H2,22,29,30)(H2,24,25,28). The molecule has 0 radical (unpaired) electrons. The number of hydrogen-bond acceptors (Lipinski definition) is 8. The van der Waals surface area contributed by atoms with Crippen molar-refractivity contribution >= 4 is 77.2 Å². The summed E-state index contributed by atoms with van der Waals surface area (Å²) in [6.45, 7) is 0. The van der Waals surface area contributed by atoms with E-state index < -0.39 is 31.6 Å². The minimum absolute atomic E-state index is 0.00411. The fourth-order valence-corrected chi connectivity index (χ4v) is 6.20. The first kappa shape index (κ1) is 25.1. The summed E-state index contributed by atoms with van der Waals surface area (Å²) in [6, 6.07) is 9.38. The third-order valence-electron chi connectivity index (χ3n) is 4.56. The van der Waals surface area contributed by atoms with Crippen molar-refractivity contribution in [3.63, 3.8) is 0 Å². The number of aromatic nitrogens is 2. The van der Waals surface area contributed by atoms with Gasteiger partial charge in [-0.1, -0.05) is 23.2 Å². The van der Waals surface area contributed by atoms with Gasteiger partial charge in [-0.2, -0.15) is 0 Å². The van der Waals surface area contributed by atoms with Gasteiger partial charge >= 0.3 is 6.03 Å². The van der Waals surface area contributed by atoms with Crippen LogP contribution in [0.5, 0.6) is 0 Å². The summed E-state index contributed by atoms with van der Waals surface area (Å²) < 4.78 is 50.8. The maximum Gasteiger partial charge on any atom is 0.333 e. The summed E-state index contributed by atoms with van der Waals surface area (Å²) in [5.74, 6) is 0. The van der Waals surface area contributed by atoms with Gasteiger partial charge in [-0.05, 0) is 48.5 Å². The lowest BCUT2D eigenvalue weighted by molar-refractivity contribution is 0.256. The molecule has 16 heteroatoms. The lowest BCUT2D eigenvalue weighted by atomic mass is 10.2. The summed E-state index contributed by atoms with van der Waals surface area (Å²) in [5.41, 5.74) is -0.0487. The Balaban J connectivity index is 1.61. The second-order valence-corrected chi connectivity index (χ2v) is 12.5. The van der Waals surface area contributed by atoms with E-state index in [1.807, 2.05) is 4.72 Å². The Morgan fingerprint density at radius 2 is 1.77 bits per heavy atom. The highest BCUT2D eigenvalue weighted by molar-refractivity contribution is 7.92. The van der Waals surface area contributed by atoms with Crippen molar-refractivity contribution in [2.45, 2.75) is 9.10 Å². The predicted octanol–water partition coefficient (Wildman–Crippen LogP) is 2.91. The number of sulfonamides is 2. The van der Waals surface area contributed by atoms with Crippen LogP contribution in [0.4, 0.5) is 10.5 Å². The van der Waals surface area contributed by atoms with E-state index in [-0.39, 0.29) is 40.7 Å². The van der Waals surface area contributed by atoms with Gasteiger partial charge in [0.25, 0.3) is 15.6 Å². The first-order valence-electron chi connectivity index (χ1n) is 9.28. The summed E-state index contributed by atoms with van der Waals surface area (Å²) in [5, 5.41) is 7.49. The molecule has 0 spiro atoms. The van der Waals surface area contributed by atoms with Gasteiger partial charge in [0, 0.05) is 5.69 Å². The third-order valence-corrected chi connectivity index (χ3v) is 8.83. The topological polar surface area (TPSA) is 170 Å². The summed E-state index contributed by atoms with van der Waals surface area (Å²) in [7, 11) is -8.17. The van der Waals surface area contributed by atoms with Gasteiger partial charge < -0.3 is 5.32 Å². The monoisotopic (exact) mass is 573 g/mol. The van der Waals surface area contributed by atoms with Crippen LogP contribution in [0.3, 0.4) is 0 Å². The molecule has 0 bridgehead atoms. The summed E-state index contributed by atoms with van der Waals surface area (Å²) >= 11 is 12.8. The van der Waals surface area contributed by atoms with Gasteiger partial charge in [-0.3, -0.25) is 9.36 Å². The number of thiophene rings is 1. The van der Waals surface area contributed by atoms with Crippen molar-refractivity contribution in [3.8, 4) is 5.69 Å². The van der Waals surface area contributed by atoms with Gasteiger partial charge in [-0.15, -0.1) is 11.3 Å². The van der Waals surface area contributed by atoms with Crippen LogP contribution in [-0.2, 0) is 20.0 Å². The Bertz CT molecular complexity index is 1770.